The van der Waals surface area contributed by atoms with Gasteiger partial charge in [-0.2, -0.15) is 0 Å². The third kappa shape index (κ3) is 3.59. The molecule has 28 heavy (non-hydrogen) atoms. The molecule has 0 unspecified atom stereocenters. The van der Waals surface area contributed by atoms with Crippen molar-refractivity contribution in [2.45, 2.75) is 32.2 Å². The van der Waals surface area contributed by atoms with Crippen LogP contribution in [0.2, 0.25) is 0 Å². The predicted molar refractivity (Wildman–Crippen MR) is 112 cm³/mol. The fourth-order valence-electron chi connectivity index (χ4n) is 4.91. The highest BCUT2D eigenvalue weighted by molar-refractivity contribution is 5.75. The van der Waals surface area contributed by atoms with E-state index in [0.717, 1.165) is 36.5 Å². The van der Waals surface area contributed by atoms with E-state index in [9.17, 15) is 0 Å². The molecule has 0 amide bonds. The molecule has 2 aliphatic heterocycles. The van der Waals surface area contributed by atoms with Crippen LogP contribution in [0, 0.1) is 5.41 Å². The van der Waals surface area contributed by atoms with Crippen LogP contribution in [0.3, 0.4) is 0 Å². The Morgan fingerprint density at radius 3 is 2.50 bits per heavy atom. The first-order valence-electron chi connectivity index (χ1n) is 10.4. The predicted octanol–water partition coefficient (Wildman–Crippen LogP) is 3.91. The lowest BCUT2D eigenvalue weighted by atomic mass is 9.72. The largest absolute Gasteiger partial charge is 0.355 e. The summed E-state index contributed by atoms with van der Waals surface area (Å²) < 4.78 is 0. The van der Waals surface area contributed by atoms with E-state index in [2.05, 4.69) is 38.0 Å². The van der Waals surface area contributed by atoms with E-state index in [1.165, 1.54) is 44.3 Å². The van der Waals surface area contributed by atoms with Crippen LogP contribution in [-0.2, 0) is 6.54 Å². The van der Waals surface area contributed by atoms with Gasteiger partial charge in [-0.1, -0.05) is 12.1 Å². The molecule has 5 heteroatoms. The maximum atomic E-state index is 4.85. The number of likely N-dealkylation sites (tertiary alicyclic amines) is 1. The Morgan fingerprint density at radius 1 is 0.893 bits per heavy atom. The Kier molecular flexibility index (Phi) is 4.69. The second-order valence-corrected chi connectivity index (χ2v) is 8.37. The normalized spacial score (nSPS) is 19.9. The smallest absolute Gasteiger partial charge is 0.147 e. The molecule has 2 saturated heterocycles. The number of hydrogen-bond donors (Lipinski definition) is 0. The average molecular weight is 374 g/mol. The summed E-state index contributed by atoms with van der Waals surface area (Å²) >= 11 is 0. The van der Waals surface area contributed by atoms with Crippen LogP contribution in [0.25, 0.3) is 11.0 Å². The number of para-hydroxylation sites is 2. The minimum absolute atomic E-state index is 0.464. The molecule has 0 aliphatic carbocycles. The van der Waals surface area contributed by atoms with Crippen LogP contribution in [0.5, 0.6) is 0 Å². The Hall–Kier alpha value is -2.53. The molecule has 0 atom stereocenters. The van der Waals surface area contributed by atoms with Crippen LogP contribution in [0.1, 0.15) is 31.2 Å². The SMILES string of the molecule is c1ccc2nc(N3CCC4(CCCN(Cc5ccncc5)C4)CC3)cnc2c1. The second-order valence-electron chi connectivity index (χ2n) is 8.37. The van der Waals surface area contributed by atoms with Crippen LogP contribution in [0.15, 0.2) is 55.0 Å². The van der Waals surface area contributed by atoms with Gasteiger partial charge >= 0.3 is 0 Å². The van der Waals surface area contributed by atoms with Crippen molar-refractivity contribution >= 4 is 16.9 Å². The molecule has 2 aliphatic rings. The summed E-state index contributed by atoms with van der Waals surface area (Å²) in [5.41, 5.74) is 3.79. The van der Waals surface area contributed by atoms with Gasteiger partial charge in [-0.05, 0) is 67.5 Å². The van der Waals surface area contributed by atoms with E-state index >= 15 is 0 Å². The number of nitrogens with zero attached hydrogens (tertiary/aromatic N) is 5. The van der Waals surface area contributed by atoms with Gasteiger partial charge in [-0.3, -0.25) is 14.9 Å². The van der Waals surface area contributed by atoms with Crippen molar-refractivity contribution in [2.24, 2.45) is 5.41 Å². The van der Waals surface area contributed by atoms with Crippen LogP contribution in [0.4, 0.5) is 5.82 Å². The highest BCUT2D eigenvalue weighted by Gasteiger charge is 2.38. The molecule has 2 aromatic heterocycles. The molecule has 0 saturated carbocycles. The first kappa shape index (κ1) is 17.6. The zero-order valence-corrected chi connectivity index (χ0v) is 16.3. The molecule has 4 heterocycles. The van der Waals surface area contributed by atoms with E-state index in [1.54, 1.807) is 0 Å². The highest BCUT2D eigenvalue weighted by atomic mass is 15.2. The van der Waals surface area contributed by atoms with Crippen molar-refractivity contribution in [2.75, 3.05) is 31.1 Å². The summed E-state index contributed by atoms with van der Waals surface area (Å²) in [7, 11) is 0. The highest BCUT2D eigenvalue weighted by Crippen LogP contribution is 2.41. The quantitative estimate of drug-likeness (QED) is 0.697. The van der Waals surface area contributed by atoms with E-state index < -0.39 is 0 Å². The molecule has 2 fully saturated rings. The first-order valence-corrected chi connectivity index (χ1v) is 10.4. The Labute approximate surface area is 166 Å². The summed E-state index contributed by atoms with van der Waals surface area (Å²) in [5.74, 6) is 1.03. The van der Waals surface area contributed by atoms with Crippen LogP contribution in [-0.4, -0.2) is 46.0 Å². The van der Waals surface area contributed by atoms with E-state index in [4.69, 9.17) is 4.98 Å². The first-order chi connectivity index (χ1) is 13.8. The number of fused-ring (bicyclic) bond motifs is 1. The van der Waals surface area contributed by atoms with Crippen molar-refractivity contribution in [1.29, 1.82) is 0 Å². The third-order valence-electron chi connectivity index (χ3n) is 6.48. The zero-order valence-electron chi connectivity index (χ0n) is 16.3. The second kappa shape index (κ2) is 7.47. The molecule has 0 N–H and O–H groups in total. The van der Waals surface area contributed by atoms with Gasteiger partial charge in [0.05, 0.1) is 17.2 Å². The molecular formula is C23H27N5. The number of hydrogen-bond acceptors (Lipinski definition) is 5. The van der Waals surface area contributed by atoms with Gasteiger partial charge in [-0.25, -0.2) is 4.98 Å². The summed E-state index contributed by atoms with van der Waals surface area (Å²) in [6.07, 6.45) is 10.9. The lowest BCUT2D eigenvalue weighted by molar-refractivity contribution is 0.0604. The molecule has 1 spiro atoms. The topological polar surface area (TPSA) is 45.2 Å². The number of rotatable bonds is 3. The molecule has 5 nitrogen and oxygen atoms in total. The van der Waals surface area contributed by atoms with Crippen molar-refractivity contribution in [1.82, 2.24) is 19.9 Å². The molecule has 3 aromatic rings. The van der Waals surface area contributed by atoms with Crippen LogP contribution >= 0.6 is 0 Å². The van der Waals surface area contributed by atoms with Gasteiger partial charge in [0.15, 0.2) is 0 Å². The maximum absolute atomic E-state index is 4.85. The maximum Gasteiger partial charge on any atom is 0.147 e. The zero-order chi connectivity index (χ0) is 18.8. The monoisotopic (exact) mass is 373 g/mol. The van der Waals surface area contributed by atoms with Crippen molar-refractivity contribution < 1.29 is 0 Å². The minimum atomic E-state index is 0.464. The van der Waals surface area contributed by atoms with Crippen LogP contribution < -0.4 is 4.90 Å². The van der Waals surface area contributed by atoms with E-state index in [0.29, 0.717) is 5.41 Å². The van der Waals surface area contributed by atoms with Crippen molar-refractivity contribution in [3.05, 3.63) is 60.6 Å². The number of piperidine rings is 2. The Bertz CT molecular complexity index is 934. The summed E-state index contributed by atoms with van der Waals surface area (Å²) in [6.45, 7) is 5.63. The van der Waals surface area contributed by atoms with Gasteiger partial charge in [0.1, 0.15) is 5.82 Å². The molecular weight excluding hydrogens is 346 g/mol. The number of pyridine rings is 1. The summed E-state index contributed by atoms with van der Waals surface area (Å²) in [6, 6.07) is 12.4. The van der Waals surface area contributed by atoms with Gasteiger partial charge in [-0.15, -0.1) is 0 Å². The summed E-state index contributed by atoms with van der Waals surface area (Å²) in [5, 5.41) is 0. The Balaban J connectivity index is 1.25. The number of aromatic nitrogens is 3. The summed E-state index contributed by atoms with van der Waals surface area (Å²) in [4.78, 5) is 18.7. The van der Waals surface area contributed by atoms with Gasteiger partial charge in [0, 0.05) is 38.6 Å². The lowest BCUT2D eigenvalue weighted by Crippen LogP contribution is -2.49. The molecule has 5 rings (SSSR count). The number of anilines is 1. The van der Waals surface area contributed by atoms with Gasteiger partial charge < -0.3 is 4.90 Å². The average Bonchev–Trinajstić information content (AvgIpc) is 2.75. The third-order valence-corrected chi connectivity index (χ3v) is 6.48. The number of benzene rings is 1. The fraction of sp³-hybridized carbons (Fsp3) is 0.435. The Morgan fingerprint density at radius 2 is 1.68 bits per heavy atom. The van der Waals surface area contributed by atoms with E-state index in [-0.39, 0.29) is 0 Å². The van der Waals surface area contributed by atoms with Gasteiger partial charge in [0.25, 0.3) is 0 Å². The lowest BCUT2D eigenvalue weighted by Gasteiger charge is -2.48. The van der Waals surface area contributed by atoms with Crippen molar-refractivity contribution in [3.63, 3.8) is 0 Å². The molecule has 0 radical (unpaired) electrons. The van der Waals surface area contributed by atoms with E-state index in [1.807, 2.05) is 36.8 Å². The molecule has 144 valence electrons. The van der Waals surface area contributed by atoms with Crippen molar-refractivity contribution in [3.8, 4) is 0 Å². The van der Waals surface area contributed by atoms with Gasteiger partial charge in [0.2, 0.25) is 0 Å². The fourth-order valence-corrected chi connectivity index (χ4v) is 4.91. The standard InChI is InChI=1S/C23H27N5/c1-2-5-21-20(4-1)25-16-22(26-21)28-14-9-23(10-15-28)8-3-13-27(18-23)17-19-6-11-24-12-7-19/h1-2,4-7,11-12,16H,3,8-10,13-15,17-18H2. The minimum Gasteiger partial charge on any atom is -0.355 e. The molecule has 1 aromatic carbocycles. The molecule has 0 bridgehead atoms.